The highest BCUT2D eigenvalue weighted by molar-refractivity contribution is 7.13. The first-order valence-corrected chi connectivity index (χ1v) is 9.27. The summed E-state index contributed by atoms with van der Waals surface area (Å²) in [7, 11) is 0. The molecule has 0 spiro atoms. The fourth-order valence-electron chi connectivity index (χ4n) is 2.31. The van der Waals surface area contributed by atoms with Crippen molar-refractivity contribution in [3.05, 3.63) is 64.6 Å². The number of anilines is 1. The molecule has 1 heterocycles. The van der Waals surface area contributed by atoms with E-state index in [4.69, 9.17) is 22.1 Å². The summed E-state index contributed by atoms with van der Waals surface area (Å²) < 4.78 is 5.17. The fourth-order valence-corrected chi connectivity index (χ4v) is 3.45. The summed E-state index contributed by atoms with van der Waals surface area (Å²) in [4.78, 5) is 27.4. The number of benzene rings is 2. The number of halogens is 1. The number of hydrogen-bond donors (Lipinski definition) is 2. The Kier molecular flexibility index (Phi) is 6.05. The van der Waals surface area contributed by atoms with Gasteiger partial charge in [-0.2, -0.15) is 0 Å². The number of ether oxygens (including phenoxy) is 1. The minimum atomic E-state index is -0.549. The van der Waals surface area contributed by atoms with E-state index in [2.05, 4.69) is 10.3 Å². The van der Waals surface area contributed by atoms with Crippen molar-refractivity contribution in [3.63, 3.8) is 0 Å². The summed E-state index contributed by atoms with van der Waals surface area (Å²) in [6.07, 6.45) is 0.154. The lowest BCUT2D eigenvalue weighted by Crippen LogP contribution is -2.20. The number of hydrogen-bond acceptors (Lipinski definition) is 5. The fraction of sp³-hybridized carbons (Fsp3) is 0.105. The van der Waals surface area contributed by atoms with Crippen LogP contribution in [0.5, 0.6) is 5.75 Å². The van der Waals surface area contributed by atoms with Crippen LogP contribution in [0.1, 0.15) is 5.69 Å². The van der Waals surface area contributed by atoms with Gasteiger partial charge in [0.15, 0.2) is 6.61 Å². The second-order valence-electron chi connectivity index (χ2n) is 5.63. The molecular weight excluding hydrogens is 386 g/mol. The molecule has 0 atom stereocenters. The van der Waals surface area contributed by atoms with Crippen LogP contribution in [0.25, 0.3) is 10.6 Å². The van der Waals surface area contributed by atoms with Crippen LogP contribution in [0.4, 0.5) is 5.69 Å². The van der Waals surface area contributed by atoms with E-state index in [-0.39, 0.29) is 18.9 Å². The van der Waals surface area contributed by atoms with Gasteiger partial charge < -0.3 is 15.8 Å². The molecule has 0 radical (unpaired) electrons. The van der Waals surface area contributed by atoms with E-state index in [9.17, 15) is 9.59 Å². The Morgan fingerprint density at radius 2 is 1.89 bits per heavy atom. The van der Waals surface area contributed by atoms with Crippen molar-refractivity contribution < 1.29 is 14.3 Å². The number of aromatic nitrogens is 1. The summed E-state index contributed by atoms with van der Waals surface area (Å²) in [5.41, 5.74) is 7.17. The molecule has 0 saturated heterocycles. The van der Waals surface area contributed by atoms with Crippen molar-refractivity contribution >= 4 is 40.4 Å². The minimum Gasteiger partial charge on any atom is -0.484 e. The van der Waals surface area contributed by atoms with Crippen molar-refractivity contribution in [2.45, 2.75) is 6.42 Å². The SMILES string of the molecule is NC(=O)COc1ccc(NC(=O)Cc2csc(-c3ccccc3Cl)n2)cc1. The number of amides is 2. The average molecular weight is 402 g/mol. The minimum absolute atomic E-state index is 0.154. The zero-order valence-electron chi connectivity index (χ0n) is 14.1. The van der Waals surface area contributed by atoms with E-state index in [1.54, 1.807) is 24.3 Å². The standard InChI is InChI=1S/C19H16ClN3O3S/c20-16-4-2-1-3-15(16)19-23-13(11-27-19)9-18(25)22-12-5-7-14(8-6-12)26-10-17(21)24/h1-8,11H,9-10H2,(H2,21,24)(H,22,25). The summed E-state index contributed by atoms with van der Waals surface area (Å²) in [5, 5.41) is 6.05. The van der Waals surface area contributed by atoms with Crippen molar-refractivity contribution in [3.8, 4) is 16.3 Å². The third-order valence-corrected chi connectivity index (χ3v) is 4.77. The Labute approximate surface area is 164 Å². The van der Waals surface area contributed by atoms with Crippen LogP contribution in [-0.2, 0) is 16.0 Å². The molecule has 0 aliphatic heterocycles. The van der Waals surface area contributed by atoms with E-state index in [0.29, 0.717) is 22.2 Å². The van der Waals surface area contributed by atoms with E-state index >= 15 is 0 Å². The monoisotopic (exact) mass is 401 g/mol. The third kappa shape index (κ3) is 5.29. The molecule has 0 aliphatic carbocycles. The number of thiazole rings is 1. The Bertz CT molecular complexity index is 957. The van der Waals surface area contributed by atoms with Crippen LogP contribution in [0.15, 0.2) is 53.9 Å². The number of nitrogens with zero attached hydrogens (tertiary/aromatic N) is 1. The number of nitrogens with one attached hydrogen (secondary N) is 1. The molecule has 1 aromatic heterocycles. The molecule has 2 aromatic carbocycles. The van der Waals surface area contributed by atoms with Gasteiger partial charge in [-0.1, -0.05) is 29.8 Å². The molecule has 6 nitrogen and oxygen atoms in total. The number of rotatable bonds is 7. The molecule has 3 rings (SSSR count). The van der Waals surface area contributed by atoms with Crippen LogP contribution in [0.2, 0.25) is 5.02 Å². The van der Waals surface area contributed by atoms with Gasteiger partial charge in [-0.25, -0.2) is 4.98 Å². The largest absolute Gasteiger partial charge is 0.484 e. The van der Waals surface area contributed by atoms with Crippen LogP contribution < -0.4 is 15.8 Å². The van der Waals surface area contributed by atoms with Crippen molar-refractivity contribution in [2.24, 2.45) is 5.73 Å². The zero-order valence-corrected chi connectivity index (χ0v) is 15.7. The normalized spacial score (nSPS) is 10.4. The van der Waals surface area contributed by atoms with Crippen LogP contribution in [0, 0.1) is 0 Å². The quantitative estimate of drug-likeness (QED) is 0.633. The molecule has 3 aromatic rings. The Morgan fingerprint density at radius 1 is 1.15 bits per heavy atom. The first kappa shape index (κ1) is 18.9. The number of carbonyl (C=O) groups is 2. The second-order valence-corrected chi connectivity index (χ2v) is 6.89. The molecule has 0 unspecified atom stereocenters. The molecule has 0 fully saturated rings. The first-order chi connectivity index (χ1) is 13.0. The highest BCUT2D eigenvalue weighted by Gasteiger charge is 2.11. The Hall–Kier alpha value is -2.90. The van der Waals surface area contributed by atoms with Gasteiger partial charge >= 0.3 is 0 Å². The van der Waals surface area contributed by atoms with Gasteiger partial charge in [0.1, 0.15) is 10.8 Å². The van der Waals surface area contributed by atoms with Gasteiger partial charge in [0, 0.05) is 16.6 Å². The summed E-state index contributed by atoms with van der Waals surface area (Å²) >= 11 is 7.63. The van der Waals surface area contributed by atoms with Gasteiger partial charge in [0.2, 0.25) is 5.91 Å². The molecule has 3 N–H and O–H groups in total. The zero-order chi connectivity index (χ0) is 19.2. The second kappa shape index (κ2) is 8.66. The van der Waals surface area contributed by atoms with Gasteiger partial charge in [0.05, 0.1) is 17.1 Å². The molecule has 138 valence electrons. The highest BCUT2D eigenvalue weighted by atomic mass is 35.5. The van der Waals surface area contributed by atoms with E-state index in [0.717, 1.165) is 10.6 Å². The Morgan fingerprint density at radius 3 is 2.59 bits per heavy atom. The molecule has 0 bridgehead atoms. The topological polar surface area (TPSA) is 94.3 Å². The van der Waals surface area contributed by atoms with Crippen molar-refractivity contribution in [1.29, 1.82) is 0 Å². The first-order valence-electron chi connectivity index (χ1n) is 8.01. The number of carbonyl (C=O) groups excluding carboxylic acids is 2. The summed E-state index contributed by atoms with van der Waals surface area (Å²) in [6, 6.07) is 14.1. The Balaban J connectivity index is 1.58. The molecule has 0 saturated carbocycles. The van der Waals surface area contributed by atoms with E-state index in [1.807, 2.05) is 29.6 Å². The maximum Gasteiger partial charge on any atom is 0.255 e. The van der Waals surface area contributed by atoms with Gasteiger partial charge in [0.25, 0.3) is 5.91 Å². The van der Waals surface area contributed by atoms with E-state index < -0.39 is 5.91 Å². The molecule has 2 amide bonds. The molecular formula is C19H16ClN3O3S. The maximum absolute atomic E-state index is 12.2. The average Bonchev–Trinajstić information content (AvgIpc) is 3.09. The number of nitrogens with two attached hydrogens (primary N) is 1. The van der Waals surface area contributed by atoms with Gasteiger partial charge in [-0.15, -0.1) is 11.3 Å². The molecule has 8 heteroatoms. The lowest BCUT2D eigenvalue weighted by molar-refractivity contribution is -0.120. The van der Waals surface area contributed by atoms with Crippen LogP contribution >= 0.6 is 22.9 Å². The van der Waals surface area contributed by atoms with Crippen LogP contribution in [-0.4, -0.2) is 23.4 Å². The van der Waals surface area contributed by atoms with E-state index in [1.165, 1.54) is 11.3 Å². The summed E-state index contributed by atoms with van der Waals surface area (Å²) in [6.45, 7) is -0.191. The van der Waals surface area contributed by atoms with Crippen LogP contribution in [0.3, 0.4) is 0 Å². The molecule has 0 aliphatic rings. The lowest BCUT2D eigenvalue weighted by atomic mass is 10.2. The predicted molar refractivity (Wildman–Crippen MR) is 106 cm³/mol. The van der Waals surface area contributed by atoms with Gasteiger partial charge in [-0.3, -0.25) is 9.59 Å². The molecule has 27 heavy (non-hydrogen) atoms. The summed E-state index contributed by atoms with van der Waals surface area (Å²) in [5.74, 6) is -0.237. The van der Waals surface area contributed by atoms with Gasteiger partial charge in [-0.05, 0) is 30.3 Å². The lowest BCUT2D eigenvalue weighted by Gasteiger charge is -2.06. The third-order valence-electron chi connectivity index (χ3n) is 3.52. The predicted octanol–water partition coefficient (Wildman–Crippen LogP) is 3.51. The maximum atomic E-state index is 12.2. The van der Waals surface area contributed by atoms with Crippen molar-refractivity contribution in [2.75, 3.05) is 11.9 Å². The number of primary amides is 1. The highest BCUT2D eigenvalue weighted by Crippen LogP contribution is 2.30. The van der Waals surface area contributed by atoms with Crippen molar-refractivity contribution in [1.82, 2.24) is 4.98 Å². The smallest absolute Gasteiger partial charge is 0.255 e.